The Morgan fingerprint density at radius 1 is 0.975 bits per heavy atom. The largest absolute Gasteiger partial charge is 0.481 e. The lowest BCUT2D eigenvalue weighted by atomic mass is 9.86. The number of alkyl halides is 3. The van der Waals surface area contributed by atoms with Gasteiger partial charge in [-0.25, -0.2) is 0 Å². The number of pyridine rings is 1. The van der Waals surface area contributed by atoms with Crippen LogP contribution in [0.2, 0.25) is 15.1 Å². The van der Waals surface area contributed by atoms with Crippen molar-refractivity contribution in [1.29, 1.82) is 0 Å². The van der Waals surface area contributed by atoms with Gasteiger partial charge in [0.15, 0.2) is 11.5 Å². The molecule has 1 aliphatic carbocycles. The van der Waals surface area contributed by atoms with Crippen molar-refractivity contribution < 1.29 is 32.7 Å². The first-order valence-electron chi connectivity index (χ1n) is 12.1. The van der Waals surface area contributed by atoms with E-state index in [4.69, 9.17) is 34.8 Å². The van der Waals surface area contributed by atoms with E-state index < -0.39 is 53.6 Å². The molecule has 0 atom stereocenters. The van der Waals surface area contributed by atoms with Gasteiger partial charge in [-0.3, -0.25) is 24.0 Å². The van der Waals surface area contributed by atoms with E-state index in [1.165, 1.54) is 12.4 Å². The molecule has 4 rings (SSSR count). The number of ketones is 1. The van der Waals surface area contributed by atoms with Gasteiger partial charge in [0.05, 0.1) is 45.9 Å². The number of nitrogens with zero attached hydrogens (tertiary/aromatic N) is 4. The number of carboxylic acids is 1. The van der Waals surface area contributed by atoms with Crippen LogP contribution < -0.4 is 0 Å². The molecule has 0 radical (unpaired) electrons. The van der Waals surface area contributed by atoms with Crippen LogP contribution in [-0.2, 0) is 17.5 Å². The second-order valence-electron chi connectivity index (χ2n) is 9.38. The summed E-state index contributed by atoms with van der Waals surface area (Å²) >= 11 is 18.1. The first-order chi connectivity index (χ1) is 18.9. The number of rotatable bonds is 8. The zero-order chi connectivity index (χ0) is 29.2. The fourth-order valence-electron chi connectivity index (χ4n) is 4.76. The van der Waals surface area contributed by atoms with Gasteiger partial charge in [0, 0.05) is 24.0 Å². The standard InChI is InChI=1S/C26H22Cl3F3N4O4/c27-16-5-1-14(2-6-16)12-35(13-21(37)22-19(28)10-33-11-20(22)29)24(38)18-9-34-36(23(18)26(30,31)32)17-7-3-15(4-8-17)25(39)40/h1-2,5-6,9-11,15,17H,3-4,7-8,12-13H2,(H,39,40). The van der Waals surface area contributed by atoms with Crippen molar-refractivity contribution in [1.82, 2.24) is 19.7 Å². The maximum Gasteiger partial charge on any atom is 0.433 e. The van der Waals surface area contributed by atoms with E-state index in [9.17, 15) is 32.7 Å². The fourth-order valence-corrected chi connectivity index (χ4v) is 5.46. The van der Waals surface area contributed by atoms with Crippen LogP contribution in [0.1, 0.15) is 63.7 Å². The number of aromatic nitrogens is 3. The van der Waals surface area contributed by atoms with Gasteiger partial charge in [0.25, 0.3) is 5.91 Å². The maximum absolute atomic E-state index is 14.4. The molecule has 2 heterocycles. The van der Waals surface area contributed by atoms with Gasteiger partial charge in [0.2, 0.25) is 0 Å². The fraction of sp³-hybridized carbons (Fsp3) is 0.346. The van der Waals surface area contributed by atoms with E-state index in [2.05, 4.69) is 10.1 Å². The van der Waals surface area contributed by atoms with Gasteiger partial charge in [-0.05, 0) is 43.4 Å². The molecule has 1 amide bonds. The number of carboxylic acid groups (broad SMARTS) is 1. The predicted octanol–water partition coefficient (Wildman–Crippen LogP) is 6.60. The molecule has 1 N–H and O–H groups in total. The van der Waals surface area contributed by atoms with Crippen LogP contribution in [0.4, 0.5) is 13.2 Å². The van der Waals surface area contributed by atoms with Crippen LogP contribution >= 0.6 is 34.8 Å². The van der Waals surface area contributed by atoms with Crippen LogP contribution in [0.15, 0.2) is 42.9 Å². The van der Waals surface area contributed by atoms with E-state index in [1.54, 1.807) is 24.3 Å². The van der Waals surface area contributed by atoms with Crippen LogP contribution in [0, 0.1) is 5.92 Å². The summed E-state index contributed by atoms with van der Waals surface area (Å²) in [5.41, 5.74) is -1.61. The molecule has 1 fully saturated rings. The molecule has 2 aromatic heterocycles. The van der Waals surface area contributed by atoms with Gasteiger partial charge in [-0.1, -0.05) is 46.9 Å². The summed E-state index contributed by atoms with van der Waals surface area (Å²) in [6, 6.07) is 5.51. The van der Waals surface area contributed by atoms with Crippen molar-refractivity contribution in [2.75, 3.05) is 6.54 Å². The predicted molar refractivity (Wildman–Crippen MR) is 141 cm³/mol. The quantitative estimate of drug-likeness (QED) is 0.286. The van der Waals surface area contributed by atoms with Crippen LogP contribution in [0.3, 0.4) is 0 Å². The summed E-state index contributed by atoms with van der Waals surface area (Å²) in [7, 11) is 0. The van der Waals surface area contributed by atoms with Crippen LogP contribution in [0.5, 0.6) is 0 Å². The molecule has 0 bridgehead atoms. The second-order valence-corrected chi connectivity index (χ2v) is 10.6. The minimum atomic E-state index is -4.96. The molecule has 1 saturated carbocycles. The Morgan fingerprint density at radius 3 is 2.12 bits per heavy atom. The smallest absolute Gasteiger partial charge is 0.433 e. The summed E-state index contributed by atoms with van der Waals surface area (Å²) in [6.07, 6.45) is -1.06. The molecule has 0 saturated heterocycles. The van der Waals surface area contributed by atoms with Gasteiger partial charge >= 0.3 is 12.1 Å². The molecule has 0 unspecified atom stereocenters. The Balaban J connectivity index is 1.70. The van der Waals surface area contributed by atoms with Crippen molar-refractivity contribution >= 4 is 52.5 Å². The first-order valence-corrected chi connectivity index (χ1v) is 13.2. The van der Waals surface area contributed by atoms with E-state index >= 15 is 0 Å². The van der Waals surface area contributed by atoms with Crippen molar-refractivity contribution in [2.45, 2.75) is 44.4 Å². The highest BCUT2D eigenvalue weighted by atomic mass is 35.5. The van der Waals surface area contributed by atoms with Crippen molar-refractivity contribution in [3.63, 3.8) is 0 Å². The molecule has 0 aliphatic heterocycles. The maximum atomic E-state index is 14.4. The average molecular weight is 618 g/mol. The summed E-state index contributed by atoms with van der Waals surface area (Å²) < 4.78 is 43.9. The molecule has 8 nitrogen and oxygen atoms in total. The highest BCUT2D eigenvalue weighted by Crippen LogP contribution is 2.39. The van der Waals surface area contributed by atoms with E-state index in [-0.39, 0.29) is 47.8 Å². The minimum Gasteiger partial charge on any atom is -0.481 e. The Hall–Kier alpha value is -3.15. The number of benzene rings is 1. The summed E-state index contributed by atoms with van der Waals surface area (Å²) in [6.45, 7) is -0.870. The van der Waals surface area contributed by atoms with Gasteiger partial charge in [0.1, 0.15) is 0 Å². The SMILES string of the molecule is O=C(CN(Cc1ccc(Cl)cc1)C(=O)c1cnn(C2CCC(C(=O)O)CC2)c1C(F)(F)F)c1c(Cl)cncc1Cl. The molecule has 3 aromatic rings. The third kappa shape index (κ3) is 6.59. The Morgan fingerprint density at radius 2 is 1.57 bits per heavy atom. The molecule has 1 aliphatic rings. The summed E-state index contributed by atoms with van der Waals surface area (Å²) in [5.74, 6) is -3.42. The van der Waals surface area contributed by atoms with Crippen molar-refractivity contribution in [2.24, 2.45) is 5.92 Å². The number of carbonyl (C=O) groups is 3. The number of hydrogen-bond donors (Lipinski definition) is 1. The number of hydrogen-bond acceptors (Lipinski definition) is 5. The summed E-state index contributed by atoms with van der Waals surface area (Å²) in [4.78, 5) is 42.9. The first kappa shape index (κ1) is 29.8. The highest BCUT2D eigenvalue weighted by Gasteiger charge is 2.43. The molecule has 14 heteroatoms. The Labute approximate surface area is 241 Å². The van der Waals surface area contributed by atoms with Crippen LogP contribution in [0.25, 0.3) is 0 Å². The molecule has 40 heavy (non-hydrogen) atoms. The molecule has 0 spiro atoms. The van der Waals surface area contributed by atoms with E-state index in [1.807, 2.05) is 0 Å². The van der Waals surface area contributed by atoms with Gasteiger partial charge in [-0.2, -0.15) is 18.3 Å². The van der Waals surface area contributed by atoms with Gasteiger partial charge < -0.3 is 10.0 Å². The van der Waals surface area contributed by atoms with Crippen molar-refractivity contribution in [3.8, 4) is 0 Å². The second kappa shape index (κ2) is 12.2. The summed E-state index contributed by atoms with van der Waals surface area (Å²) in [5, 5.41) is 13.4. The van der Waals surface area contributed by atoms with Crippen molar-refractivity contribution in [3.05, 3.63) is 80.3 Å². The third-order valence-electron chi connectivity index (χ3n) is 6.73. The molecule has 212 valence electrons. The zero-order valence-corrected chi connectivity index (χ0v) is 22.9. The number of amides is 1. The number of halogens is 6. The lowest BCUT2D eigenvalue weighted by Crippen LogP contribution is -2.37. The lowest BCUT2D eigenvalue weighted by Gasteiger charge is -2.28. The Bertz CT molecular complexity index is 1400. The average Bonchev–Trinajstić information content (AvgIpc) is 3.35. The van der Waals surface area contributed by atoms with E-state index in [0.29, 0.717) is 10.6 Å². The molecular formula is C26H22Cl3F3N4O4. The number of aliphatic carboxylic acids is 1. The zero-order valence-electron chi connectivity index (χ0n) is 20.7. The van der Waals surface area contributed by atoms with Gasteiger partial charge in [-0.15, -0.1) is 0 Å². The normalized spacial score (nSPS) is 17.4. The Kier molecular flexibility index (Phi) is 9.06. The number of Topliss-reactive ketones (excluding diaryl/α,β-unsaturated/α-hetero) is 1. The minimum absolute atomic E-state index is 0.0721. The third-order valence-corrected chi connectivity index (χ3v) is 7.55. The van der Waals surface area contributed by atoms with Crippen LogP contribution in [-0.4, -0.2) is 49.0 Å². The molecular weight excluding hydrogens is 596 g/mol. The topological polar surface area (TPSA) is 105 Å². The lowest BCUT2D eigenvalue weighted by molar-refractivity contribution is -0.147. The molecule has 1 aromatic carbocycles. The van der Waals surface area contributed by atoms with E-state index in [0.717, 1.165) is 15.8 Å². The number of carbonyl (C=O) groups excluding carboxylic acids is 2. The highest BCUT2D eigenvalue weighted by molar-refractivity contribution is 6.39. The monoisotopic (exact) mass is 616 g/mol.